The summed E-state index contributed by atoms with van der Waals surface area (Å²) < 4.78 is 10.8. The van der Waals surface area contributed by atoms with Gasteiger partial charge in [0.2, 0.25) is 0 Å². The molecule has 0 radical (unpaired) electrons. The number of hydrogen-bond acceptors (Lipinski definition) is 4. The topological polar surface area (TPSA) is 68.5 Å². The largest absolute Gasteiger partial charge is 0.467 e. The van der Waals surface area contributed by atoms with Crippen molar-refractivity contribution in [1.82, 2.24) is 5.32 Å². The van der Waals surface area contributed by atoms with Crippen molar-refractivity contribution in [2.24, 2.45) is 17.3 Å². The van der Waals surface area contributed by atoms with E-state index in [1.165, 1.54) is 6.42 Å². The molecule has 1 aromatic rings. The Kier molecular flexibility index (Phi) is 4.10. The zero-order chi connectivity index (χ0) is 17.7. The summed E-state index contributed by atoms with van der Waals surface area (Å²) in [5.41, 5.74) is -0.485. The number of hydrogen-bond donors (Lipinski definition) is 1. The van der Waals surface area contributed by atoms with E-state index in [0.29, 0.717) is 24.0 Å². The summed E-state index contributed by atoms with van der Waals surface area (Å²) in [7, 11) is 0. The molecule has 1 heterocycles. The second-order valence-electron chi connectivity index (χ2n) is 8.24. The first kappa shape index (κ1) is 17.0. The van der Waals surface area contributed by atoms with Crippen LogP contribution in [0.4, 0.5) is 0 Å². The van der Waals surface area contributed by atoms with Crippen molar-refractivity contribution < 1.29 is 18.7 Å². The van der Waals surface area contributed by atoms with Crippen molar-refractivity contribution >= 4 is 23.5 Å². The Hall–Kier alpha value is -1.49. The number of furan rings is 1. The van der Waals surface area contributed by atoms with E-state index in [2.05, 4.69) is 5.32 Å². The molecule has 1 aromatic heterocycles. The highest BCUT2D eigenvalue weighted by Gasteiger charge is 2.61. The predicted octanol–water partition coefficient (Wildman–Crippen LogP) is 3.41. The summed E-state index contributed by atoms with van der Waals surface area (Å²) >= 11 is 6.77. The molecule has 0 aromatic carbocycles. The molecule has 0 aliphatic heterocycles. The van der Waals surface area contributed by atoms with Crippen molar-refractivity contribution in [3.63, 3.8) is 0 Å². The molecule has 2 unspecified atom stereocenters. The lowest BCUT2D eigenvalue weighted by molar-refractivity contribution is -0.177. The molecule has 4 bridgehead atoms. The summed E-state index contributed by atoms with van der Waals surface area (Å²) in [6, 6.07) is 3.55. The van der Waals surface area contributed by atoms with Crippen LogP contribution < -0.4 is 5.32 Å². The molecule has 4 saturated carbocycles. The third kappa shape index (κ3) is 3.19. The van der Waals surface area contributed by atoms with Gasteiger partial charge in [-0.1, -0.05) is 0 Å². The van der Waals surface area contributed by atoms with Crippen molar-refractivity contribution in [2.75, 3.05) is 0 Å². The minimum absolute atomic E-state index is 0.242. The highest BCUT2D eigenvalue weighted by atomic mass is 35.5. The first-order valence-corrected chi connectivity index (χ1v) is 9.45. The van der Waals surface area contributed by atoms with Crippen LogP contribution in [0.1, 0.15) is 51.2 Å². The Morgan fingerprint density at radius 2 is 2.08 bits per heavy atom. The minimum atomic E-state index is -0.818. The van der Waals surface area contributed by atoms with E-state index in [1.807, 2.05) is 0 Å². The van der Waals surface area contributed by atoms with Gasteiger partial charge >= 0.3 is 5.97 Å². The van der Waals surface area contributed by atoms with Crippen LogP contribution in [0.3, 0.4) is 0 Å². The van der Waals surface area contributed by atoms with Crippen LogP contribution >= 0.6 is 11.6 Å². The molecule has 0 saturated heterocycles. The molecule has 6 heteroatoms. The van der Waals surface area contributed by atoms with Gasteiger partial charge in [0.1, 0.15) is 5.76 Å². The lowest BCUT2D eigenvalue weighted by atomic mass is 9.49. The predicted molar refractivity (Wildman–Crippen MR) is 91.8 cm³/mol. The van der Waals surface area contributed by atoms with Gasteiger partial charge in [0.15, 0.2) is 6.10 Å². The van der Waals surface area contributed by atoms with Gasteiger partial charge in [-0.2, -0.15) is 0 Å². The van der Waals surface area contributed by atoms with Gasteiger partial charge in [-0.15, -0.1) is 11.6 Å². The minimum Gasteiger partial charge on any atom is -0.467 e. The maximum Gasteiger partial charge on any atom is 0.312 e. The summed E-state index contributed by atoms with van der Waals surface area (Å²) in [6.45, 7) is 1.90. The highest BCUT2D eigenvalue weighted by Crippen LogP contribution is 2.64. The average Bonchev–Trinajstić information content (AvgIpc) is 3.03. The Bertz CT molecular complexity index is 657. The zero-order valence-electron chi connectivity index (χ0n) is 14.4. The summed E-state index contributed by atoms with van der Waals surface area (Å²) in [5.74, 6) is 1.16. The van der Waals surface area contributed by atoms with E-state index in [1.54, 1.807) is 25.3 Å². The monoisotopic (exact) mass is 365 g/mol. The Balaban J connectivity index is 1.37. The lowest BCUT2D eigenvalue weighted by Gasteiger charge is -2.58. The fourth-order valence-electron chi connectivity index (χ4n) is 5.46. The van der Waals surface area contributed by atoms with Crippen molar-refractivity contribution in [1.29, 1.82) is 0 Å². The van der Waals surface area contributed by atoms with Crippen molar-refractivity contribution in [3.8, 4) is 0 Å². The molecule has 4 fully saturated rings. The number of carbonyl (C=O) groups is 2. The van der Waals surface area contributed by atoms with E-state index < -0.39 is 11.5 Å². The van der Waals surface area contributed by atoms with Crippen LogP contribution in [0, 0.1) is 17.3 Å². The molecule has 5 rings (SSSR count). The normalized spacial score (nSPS) is 36.9. The van der Waals surface area contributed by atoms with Crippen LogP contribution in [-0.2, 0) is 20.9 Å². The van der Waals surface area contributed by atoms with Gasteiger partial charge < -0.3 is 14.5 Å². The highest BCUT2D eigenvalue weighted by molar-refractivity contribution is 6.24. The van der Waals surface area contributed by atoms with Gasteiger partial charge in [-0.05, 0) is 69.4 Å². The van der Waals surface area contributed by atoms with E-state index in [9.17, 15) is 9.59 Å². The number of alkyl halides is 1. The molecule has 0 spiro atoms. The average molecular weight is 366 g/mol. The van der Waals surface area contributed by atoms with Gasteiger partial charge in [-0.25, -0.2) is 0 Å². The van der Waals surface area contributed by atoms with Crippen molar-refractivity contribution in [3.05, 3.63) is 24.2 Å². The maximum absolute atomic E-state index is 12.9. The third-order valence-corrected chi connectivity index (χ3v) is 6.53. The number of nitrogens with one attached hydrogen (secondary N) is 1. The first-order chi connectivity index (χ1) is 11.9. The number of amides is 1. The summed E-state index contributed by atoms with van der Waals surface area (Å²) in [6.07, 6.45) is 6.35. The molecule has 4 aliphatic rings. The zero-order valence-corrected chi connectivity index (χ0v) is 15.2. The van der Waals surface area contributed by atoms with Crippen molar-refractivity contribution in [2.45, 2.75) is 63.0 Å². The molecule has 5 atom stereocenters. The van der Waals surface area contributed by atoms with Crippen LogP contribution in [0.15, 0.2) is 22.8 Å². The first-order valence-electron chi connectivity index (χ1n) is 9.08. The summed E-state index contributed by atoms with van der Waals surface area (Å²) in [4.78, 5) is 24.9. The second-order valence-corrected chi connectivity index (χ2v) is 9.04. The van der Waals surface area contributed by atoms with E-state index in [0.717, 1.165) is 25.7 Å². The van der Waals surface area contributed by atoms with E-state index in [4.69, 9.17) is 20.8 Å². The second kappa shape index (κ2) is 6.04. The summed E-state index contributed by atoms with van der Waals surface area (Å²) in [5, 5.41) is 2.74. The number of halogens is 1. The number of rotatable bonds is 5. The lowest BCUT2D eigenvalue weighted by Crippen LogP contribution is -2.57. The van der Waals surface area contributed by atoms with E-state index >= 15 is 0 Å². The van der Waals surface area contributed by atoms with Gasteiger partial charge in [0.05, 0.1) is 18.2 Å². The molecular formula is C19H24ClNO4. The maximum atomic E-state index is 12.9. The van der Waals surface area contributed by atoms with Crippen LogP contribution in [0.2, 0.25) is 0 Å². The molecule has 1 amide bonds. The van der Waals surface area contributed by atoms with Gasteiger partial charge in [0, 0.05) is 4.87 Å². The molecule has 5 nitrogen and oxygen atoms in total. The smallest absolute Gasteiger partial charge is 0.312 e. The van der Waals surface area contributed by atoms with Crippen LogP contribution in [0.5, 0.6) is 0 Å². The SMILES string of the molecule is C[C@H](OC(=O)C12C[C@@H]3C[C@@H](CC(Cl)(C3)C1)C2)C(=O)NCc1ccco1. The molecule has 136 valence electrons. The Morgan fingerprint density at radius 1 is 1.36 bits per heavy atom. The standard InChI is InChI=1S/C19H24ClNO4/c1-12(16(22)21-10-15-3-2-4-24-15)25-17(23)18-6-13-5-14(7-18)9-19(20,8-13)11-18/h2-4,12-14H,5-11H2,1H3,(H,21,22)/t12-,13-,14+,18?,19?/m0/s1. The Morgan fingerprint density at radius 3 is 2.68 bits per heavy atom. The van der Waals surface area contributed by atoms with Gasteiger partial charge in [0.25, 0.3) is 5.91 Å². The molecular weight excluding hydrogens is 342 g/mol. The number of carbonyl (C=O) groups excluding carboxylic acids is 2. The molecule has 1 N–H and O–H groups in total. The fraction of sp³-hybridized carbons (Fsp3) is 0.684. The Labute approximate surface area is 152 Å². The fourth-order valence-corrected chi connectivity index (χ4v) is 6.15. The third-order valence-electron chi connectivity index (χ3n) is 6.09. The molecule has 25 heavy (non-hydrogen) atoms. The van der Waals surface area contributed by atoms with Crippen LogP contribution in [0.25, 0.3) is 0 Å². The number of esters is 1. The number of ether oxygens (including phenoxy) is 1. The molecule has 4 aliphatic carbocycles. The van der Waals surface area contributed by atoms with Gasteiger partial charge in [-0.3, -0.25) is 9.59 Å². The van der Waals surface area contributed by atoms with Crippen LogP contribution in [-0.4, -0.2) is 22.9 Å². The quantitative estimate of drug-likeness (QED) is 0.641. The van der Waals surface area contributed by atoms with E-state index in [-0.39, 0.29) is 23.3 Å².